The summed E-state index contributed by atoms with van der Waals surface area (Å²) in [6, 6.07) is 7.48. The molecular formula is C14H23N3O. The van der Waals surface area contributed by atoms with Gasteiger partial charge in [-0.1, -0.05) is 26.0 Å². The monoisotopic (exact) mass is 249 g/mol. The van der Waals surface area contributed by atoms with Gasteiger partial charge in [0.2, 0.25) is 0 Å². The van der Waals surface area contributed by atoms with E-state index in [0.717, 1.165) is 24.1 Å². The minimum absolute atomic E-state index is 0.211. The van der Waals surface area contributed by atoms with Crippen LogP contribution in [-0.4, -0.2) is 18.1 Å². The van der Waals surface area contributed by atoms with Gasteiger partial charge >= 0.3 is 6.03 Å². The van der Waals surface area contributed by atoms with Crippen molar-refractivity contribution < 1.29 is 4.79 Å². The van der Waals surface area contributed by atoms with E-state index in [9.17, 15) is 4.79 Å². The van der Waals surface area contributed by atoms with Crippen LogP contribution in [0.15, 0.2) is 24.3 Å². The van der Waals surface area contributed by atoms with Crippen LogP contribution in [0, 0.1) is 6.92 Å². The van der Waals surface area contributed by atoms with E-state index in [4.69, 9.17) is 5.73 Å². The van der Waals surface area contributed by atoms with E-state index in [1.807, 2.05) is 45.0 Å². The number of rotatable bonds is 5. The van der Waals surface area contributed by atoms with E-state index in [-0.39, 0.29) is 11.6 Å². The zero-order chi connectivity index (χ0) is 13.6. The molecule has 1 rings (SSSR count). The molecule has 0 saturated carbocycles. The predicted molar refractivity (Wildman–Crippen MR) is 75.7 cm³/mol. The lowest BCUT2D eigenvalue weighted by Gasteiger charge is -2.26. The molecule has 0 aromatic heterocycles. The van der Waals surface area contributed by atoms with Crippen LogP contribution < -0.4 is 16.4 Å². The first-order valence-corrected chi connectivity index (χ1v) is 6.39. The van der Waals surface area contributed by atoms with E-state index in [1.165, 1.54) is 0 Å². The highest BCUT2D eigenvalue weighted by atomic mass is 16.2. The third kappa shape index (κ3) is 4.37. The molecule has 4 heteroatoms. The Morgan fingerprint density at radius 2 is 2.00 bits per heavy atom. The summed E-state index contributed by atoms with van der Waals surface area (Å²) in [5.41, 5.74) is 7.71. The first-order chi connectivity index (χ1) is 8.49. The Balaban J connectivity index is 2.47. The van der Waals surface area contributed by atoms with Crippen LogP contribution in [0.2, 0.25) is 0 Å². The molecule has 0 heterocycles. The van der Waals surface area contributed by atoms with Crippen LogP contribution in [-0.2, 0) is 0 Å². The third-order valence-corrected chi connectivity index (χ3v) is 3.29. The Kier molecular flexibility index (Phi) is 5.16. The number of amides is 2. The highest BCUT2D eigenvalue weighted by Gasteiger charge is 2.20. The summed E-state index contributed by atoms with van der Waals surface area (Å²) in [6.07, 6.45) is 1.68. The number of anilines is 1. The van der Waals surface area contributed by atoms with Crippen molar-refractivity contribution in [3.63, 3.8) is 0 Å². The molecule has 2 amide bonds. The van der Waals surface area contributed by atoms with Crippen LogP contribution in [0.25, 0.3) is 0 Å². The molecular weight excluding hydrogens is 226 g/mol. The second kappa shape index (κ2) is 6.40. The Bertz CT molecular complexity index is 400. The van der Waals surface area contributed by atoms with Crippen LogP contribution in [0.3, 0.4) is 0 Å². The lowest BCUT2D eigenvalue weighted by atomic mass is 9.94. The van der Waals surface area contributed by atoms with Crippen LogP contribution in [0.5, 0.6) is 0 Å². The van der Waals surface area contributed by atoms with E-state index in [0.29, 0.717) is 6.54 Å². The van der Waals surface area contributed by atoms with E-state index in [2.05, 4.69) is 10.6 Å². The SMILES string of the molecule is CCC(N)(CC)CNC(=O)Nc1cccc(C)c1. The van der Waals surface area contributed by atoms with Gasteiger partial charge in [-0.3, -0.25) is 0 Å². The van der Waals surface area contributed by atoms with Crippen molar-refractivity contribution in [2.24, 2.45) is 5.73 Å². The standard InChI is InChI=1S/C14H23N3O/c1-4-14(15,5-2)10-16-13(18)17-12-8-6-7-11(3)9-12/h6-9H,4-5,10,15H2,1-3H3,(H2,16,17,18). The molecule has 0 aliphatic heterocycles. The van der Waals surface area contributed by atoms with Gasteiger partial charge in [-0.15, -0.1) is 0 Å². The summed E-state index contributed by atoms with van der Waals surface area (Å²) in [5.74, 6) is 0. The summed E-state index contributed by atoms with van der Waals surface area (Å²) >= 11 is 0. The highest BCUT2D eigenvalue weighted by molar-refractivity contribution is 5.89. The quantitative estimate of drug-likeness (QED) is 0.751. The molecule has 0 aliphatic carbocycles. The number of nitrogens with two attached hydrogens (primary N) is 1. The summed E-state index contributed by atoms with van der Waals surface area (Å²) in [4.78, 5) is 11.7. The second-order valence-corrected chi connectivity index (χ2v) is 4.75. The van der Waals surface area contributed by atoms with Crippen molar-refractivity contribution in [3.8, 4) is 0 Å². The maximum Gasteiger partial charge on any atom is 0.319 e. The normalized spacial score (nSPS) is 11.1. The van der Waals surface area contributed by atoms with Gasteiger partial charge in [0.25, 0.3) is 0 Å². The van der Waals surface area contributed by atoms with Crippen molar-refractivity contribution in [3.05, 3.63) is 29.8 Å². The minimum Gasteiger partial charge on any atom is -0.336 e. The molecule has 18 heavy (non-hydrogen) atoms. The number of carbonyl (C=O) groups is 1. The highest BCUT2D eigenvalue weighted by Crippen LogP contribution is 2.11. The lowest BCUT2D eigenvalue weighted by molar-refractivity contribution is 0.247. The summed E-state index contributed by atoms with van der Waals surface area (Å²) < 4.78 is 0. The fourth-order valence-corrected chi connectivity index (χ4v) is 1.65. The fourth-order valence-electron chi connectivity index (χ4n) is 1.65. The van der Waals surface area contributed by atoms with E-state index >= 15 is 0 Å². The van der Waals surface area contributed by atoms with Crippen LogP contribution in [0.1, 0.15) is 32.3 Å². The molecule has 0 atom stereocenters. The Labute approximate surface area is 109 Å². The first kappa shape index (κ1) is 14.5. The van der Waals surface area contributed by atoms with Gasteiger partial charge in [-0.05, 0) is 37.5 Å². The maximum atomic E-state index is 11.7. The zero-order valence-corrected chi connectivity index (χ0v) is 11.4. The van der Waals surface area contributed by atoms with Gasteiger partial charge in [0.1, 0.15) is 0 Å². The smallest absolute Gasteiger partial charge is 0.319 e. The van der Waals surface area contributed by atoms with Gasteiger partial charge in [-0.25, -0.2) is 4.79 Å². The molecule has 0 radical (unpaired) electrons. The van der Waals surface area contributed by atoms with Gasteiger partial charge in [0, 0.05) is 17.8 Å². The number of benzene rings is 1. The summed E-state index contributed by atoms with van der Waals surface area (Å²) in [6.45, 7) is 6.53. The average Bonchev–Trinajstić information content (AvgIpc) is 2.36. The molecule has 0 bridgehead atoms. The van der Waals surface area contributed by atoms with Crippen molar-refractivity contribution in [1.29, 1.82) is 0 Å². The Hall–Kier alpha value is -1.55. The number of urea groups is 1. The minimum atomic E-state index is -0.316. The van der Waals surface area contributed by atoms with E-state index < -0.39 is 0 Å². The van der Waals surface area contributed by atoms with Crippen LogP contribution >= 0.6 is 0 Å². The fraction of sp³-hybridized carbons (Fsp3) is 0.500. The van der Waals surface area contributed by atoms with Crippen LogP contribution in [0.4, 0.5) is 10.5 Å². The van der Waals surface area contributed by atoms with Crippen molar-refractivity contribution >= 4 is 11.7 Å². The molecule has 0 unspecified atom stereocenters. The molecule has 0 saturated heterocycles. The van der Waals surface area contributed by atoms with Gasteiger partial charge in [-0.2, -0.15) is 0 Å². The molecule has 1 aromatic rings. The van der Waals surface area contributed by atoms with E-state index in [1.54, 1.807) is 0 Å². The summed E-state index contributed by atoms with van der Waals surface area (Å²) in [5, 5.41) is 5.62. The molecule has 100 valence electrons. The van der Waals surface area contributed by atoms with Crippen molar-refractivity contribution in [2.75, 3.05) is 11.9 Å². The first-order valence-electron chi connectivity index (χ1n) is 6.39. The topological polar surface area (TPSA) is 67.1 Å². The summed E-state index contributed by atoms with van der Waals surface area (Å²) in [7, 11) is 0. The maximum absolute atomic E-state index is 11.7. The average molecular weight is 249 g/mol. The molecule has 4 N–H and O–H groups in total. The van der Waals surface area contributed by atoms with Crippen molar-refractivity contribution in [1.82, 2.24) is 5.32 Å². The number of hydrogen-bond acceptors (Lipinski definition) is 2. The predicted octanol–water partition coefficient (Wildman–Crippen LogP) is 2.63. The Morgan fingerprint density at radius 1 is 1.33 bits per heavy atom. The third-order valence-electron chi connectivity index (χ3n) is 3.29. The van der Waals surface area contributed by atoms with Gasteiger partial charge < -0.3 is 16.4 Å². The molecule has 0 fully saturated rings. The number of nitrogens with one attached hydrogen (secondary N) is 2. The molecule has 0 aliphatic rings. The largest absolute Gasteiger partial charge is 0.336 e. The molecule has 1 aromatic carbocycles. The van der Waals surface area contributed by atoms with Gasteiger partial charge in [0.05, 0.1) is 0 Å². The van der Waals surface area contributed by atoms with Crippen molar-refractivity contribution in [2.45, 2.75) is 39.2 Å². The zero-order valence-electron chi connectivity index (χ0n) is 11.4. The number of aryl methyl sites for hydroxylation is 1. The molecule has 4 nitrogen and oxygen atoms in total. The number of carbonyl (C=O) groups excluding carboxylic acids is 1. The lowest BCUT2D eigenvalue weighted by Crippen LogP contribution is -2.50. The second-order valence-electron chi connectivity index (χ2n) is 4.75. The van der Waals surface area contributed by atoms with Gasteiger partial charge in [0.15, 0.2) is 0 Å². The molecule has 0 spiro atoms. The Morgan fingerprint density at radius 3 is 2.56 bits per heavy atom. The number of hydrogen-bond donors (Lipinski definition) is 3.